The fraction of sp³-hybridized carbons (Fsp3) is 0.308. The smallest absolute Gasteiger partial charge is 0.276 e. The van der Waals surface area contributed by atoms with Crippen molar-refractivity contribution >= 4 is 39.5 Å². The largest absolute Gasteiger partial charge is 0.335 e. The zero-order chi connectivity index (χ0) is 14.4. The van der Waals surface area contributed by atoms with Crippen LogP contribution in [-0.2, 0) is 9.59 Å². The number of carbonyl (C=O) groups excluding carboxylic acids is 3. The Kier molecular flexibility index (Phi) is 3.22. The molecule has 5 nitrogen and oxygen atoms in total. The van der Waals surface area contributed by atoms with Crippen LogP contribution in [0.4, 0.5) is 10.5 Å². The van der Waals surface area contributed by atoms with Crippen LogP contribution < -0.4 is 10.2 Å². The molecular weight excluding hydrogens is 312 g/mol. The highest BCUT2D eigenvalue weighted by Crippen LogP contribution is 2.33. The Bertz CT molecular complexity index is 596. The van der Waals surface area contributed by atoms with E-state index in [4.69, 9.17) is 0 Å². The summed E-state index contributed by atoms with van der Waals surface area (Å²) in [6, 6.07) is 4.61. The molecule has 0 spiro atoms. The lowest BCUT2D eigenvalue weighted by molar-refractivity contribution is -0.140. The zero-order valence-corrected chi connectivity index (χ0v) is 12.4. The molecule has 0 saturated carbocycles. The standard InChI is InChI=1S/C13H13BrN2O3/c1-7-4-5-8(14)9(6-7)16-11(18)13(2,3)10(17)15-12(16)19/h4-6H,1-3H3,(H,15,17,19). The van der Waals surface area contributed by atoms with Crippen molar-refractivity contribution in [1.29, 1.82) is 0 Å². The normalized spacial score (nSPS) is 18.5. The SMILES string of the molecule is Cc1ccc(Br)c(N2C(=O)NC(=O)C(C)(C)C2=O)c1. The van der Waals surface area contributed by atoms with E-state index in [0.717, 1.165) is 10.5 Å². The van der Waals surface area contributed by atoms with Gasteiger partial charge in [0, 0.05) is 4.47 Å². The van der Waals surface area contributed by atoms with Gasteiger partial charge in [-0.15, -0.1) is 0 Å². The van der Waals surface area contributed by atoms with Crippen molar-refractivity contribution in [3.8, 4) is 0 Å². The van der Waals surface area contributed by atoms with Crippen molar-refractivity contribution in [2.75, 3.05) is 4.90 Å². The lowest BCUT2D eigenvalue weighted by Crippen LogP contribution is -2.62. The minimum absolute atomic E-state index is 0.433. The number of nitrogens with one attached hydrogen (secondary N) is 1. The highest BCUT2D eigenvalue weighted by Gasteiger charge is 2.48. The first-order valence-electron chi connectivity index (χ1n) is 5.71. The molecule has 1 N–H and O–H groups in total. The molecule has 0 bridgehead atoms. The number of anilines is 1. The molecule has 1 saturated heterocycles. The molecule has 1 fully saturated rings. The van der Waals surface area contributed by atoms with E-state index < -0.39 is 23.3 Å². The van der Waals surface area contributed by atoms with Gasteiger partial charge in [-0.3, -0.25) is 14.9 Å². The summed E-state index contributed by atoms with van der Waals surface area (Å²) in [6.45, 7) is 4.85. The number of barbiturate groups is 1. The quantitative estimate of drug-likeness (QED) is 0.806. The number of aryl methyl sites for hydroxylation is 1. The first-order chi connectivity index (χ1) is 8.75. The first kappa shape index (κ1) is 13.7. The molecule has 1 aromatic rings. The van der Waals surface area contributed by atoms with E-state index in [1.54, 1.807) is 12.1 Å². The minimum atomic E-state index is -1.27. The number of halogens is 1. The van der Waals surface area contributed by atoms with Gasteiger partial charge in [0.25, 0.3) is 0 Å². The maximum Gasteiger partial charge on any atom is 0.335 e. The van der Waals surface area contributed by atoms with Gasteiger partial charge in [-0.25, -0.2) is 9.69 Å². The number of carbonyl (C=O) groups is 3. The van der Waals surface area contributed by atoms with Crippen molar-refractivity contribution in [2.24, 2.45) is 5.41 Å². The van der Waals surface area contributed by atoms with Crippen LogP contribution in [0.5, 0.6) is 0 Å². The number of rotatable bonds is 1. The summed E-state index contributed by atoms with van der Waals surface area (Å²) in [5.74, 6) is -1.12. The van der Waals surface area contributed by atoms with Crippen LogP contribution in [0.25, 0.3) is 0 Å². The highest BCUT2D eigenvalue weighted by molar-refractivity contribution is 9.10. The molecular formula is C13H13BrN2O3. The lowest BCUT2D eigenvalue weighted by Gasteiger charge is -2.35. The molecule has 2 rings (SSSR count). The average molecular weight is 325 g/mol. The summed E-state index contributed by atoms with van der Waals surface area (Å²) in [5, 5.41) is 2.20. The van der Waals surface area contributed by atoms with E-state index in [9.17, 15) is 14.4 Å². The maximum absolute atomic E-state index is 12.4. The van der Waals surface area contributed by atoms with Gasteiger partial charge in [-0.1, -0.05) is 6.07 Å². The molecule has 0 radical (unpaired) electrons. The second-order valence-corrected chi connectivity index (χ2v) is 5.83. The Hall–Kier alpha value is -1.69. The Balaban J connectivity index is 2.55. The van der Waals surface area contributed by atoms with E-state index in [-0.39, 0.29) is 0 Å². The summed E-state index contributed by atoms with van der Waals surface area (Å²) >= 11 is 3.31. The Morgan fingerprint density at radius 1 is 1.21 bits per heavy atom. The van der Waals surface area contributed by atoms with Gasteiger partial charge in [0.1, 0.15) is 5.41 Å². The van der Waals surface area contributed by atoms with Crippen molar-refractivity contribution < 1.29 is 14.4 Å². The molecule has 100 valence electrons. The maximum atomic E-state index is 12.4. The Morgan fingerprint density at radius 3 is 2.47 bits per heavy atom. The van der Waals surface area contributed by atoms with Crippen molar-refractivity contribution in [3.05, 3.63) is 28.2 Å². The minimum Gasteiger partial charge on any atom is -0.276 e. The number of urea groups is 1. The van der Waals surface area contributed by atoms with Gasteiger partial charge in [0.15, 0.2) is 0 Å². The van der Waals surface area contributed by atoms with E-state index in [2.05, 4.69) is 21.2 Å². The number of hydrogen-bond donors (Lipinski definition) is 1. The number of hydrogen-bond acceptors (Lipinski definition) is 3. The van der Waals surface area contributed by atoms with E-state index in [0.29, 0.717) is 10.2 Å². The van der Waals surface area contributed by atoms with Gasteiger partial charge in [0.05, 0.1) is 5.69 Å². The van der Waals surface area contributed by atoms with Gasteiger partial charge < -0.3 is 0 Å². The van der Waals surface area contributed by atoms with Crippen LogP contribution in [0.1, 0.15) is 19.4 Å². The van der Waals surface area contributed by atoms with Crippen molar-refractivity contribution in [2.45, 2.75) is 20.8 Å². The molecule has 19 heavy (non-hydrogen) atoms. The number of amides is 4. The summed E-state index contributed by atoms with van der Waals surface area (Å²) in [5.41, 5.74) is 0.0773. The fourth-order valence-corrected chi connectivity index (χ4v) is 2.21. The molecule has 0 aliphatic carbocycles. The summed E-state index contributed by atoms with van der Waals surface area (Å²) in [6.07, 6.45) is 0. The van der Waals surface area contributed by atoms with Crippen LogP contribution in [0.15, 0.2) is 22.7 Å². The van der Waals surface area contributed by atoms with E-state index >= 15 is 0 Å². The summed E-state index contributed by atoms with van der Waals surface area (Å²) < 4.78 is 0.617. The van der Waals surface area contributed by atoms with Gasteiger partial charge in [-0.05, 0) is 54.4 Å². The third-order valence-electron chi connectivity index (χ3n) is 3.07. The van der Waals surface area contributed by atoms with Crippen LogP contribution >= 0.6 is 15.9 Å². The lowest BCUT2D eigenvalue weighted by atomic mass is 9.88. The molecule has 1 aliphatic rings. The van der Waals surface area contributed by atoms with Crippen molar-refractivity contribution in [1.82, 2.24) is 5.32 Å². The van der Waals surface area contributed by atoms with E-state index in [1.165, 1.54) is 13.8 Å². The average Bonchev–Trinajstić information content (AvgIpc) is 2.32. The van der Waals surface area contributed by atoms with Gasteiger partial charge in [-0.2, -0.15) is 0 Å². The monoisotopic (exact) mass is 324 g/mol. The van der Waals surface area contributed by atoms with Gasteiger partial charge in [0.2, 0.25) is 11.8 Å². The van der Waals surface area contributed by atoms with Gasteiger partial charge >= 0.3 is 6.03 Å². The third kappa shape index (κ3) is 2.16. The number of benzene rings is 1. The zero-order valence-electron chi connectivity index (χ0n) is 10.8. The molecule has 0 aromatic heterocycles. The Morgan fingerprint density at radius 2 is 1.84 bits per heavy atom. The van der Waals surface area contributed by atoms with Crippen LogP contribution in [0, 0.1) is 12.3 Å². The molecule has 1 aliphatic heterocycles. The van der Waals surface area contributed by atoms with Crippen molar-refractivity contribution in [3.63, 3.8) is 0 Å². The molecule has 0 unspecified atom stereocenters. The summed E-state index contributed by atoms with van der Waals surface area (Å²) in [7, 11) is 0. The fourth-order valence-electron chi connectivity index (χ4n) is 1.79. The van der Waals surface area contributed by atoms with Crippen LogP contribution in [-0.4, -0.2) is 17.8 Å². The first-order valence-corrected chi connectivity index (χ1v) is 6.50. The molecule has 1 heterocycles. The third-order valence-corrected chi connectivity index (χ3v) is 3.74. The Labute approximate surface area is 119 Å². The highest BCUT2D eigenvalue weighted by atomic mass is 79.9. The van der Waals surface area contributed by atoms with E-state index in [1.807, 2.05) is 13.0 Å². The topological polar surface area (TPSA) is 66.5 Å². The molecule has 4 amide bonds. The molecule has 0 atom stereocenters. The predicted molar refractivity (Wildman–Crippen MR) is 73.7 cm³/mol. The predicted octanol–water partition coefficient (Wildman–Crippen LogP) is 2.37. The van der Waals surface area contributed by atoms with Crippen LogP contribution in [0.3, 0.4) is 0 Å². The summed E-state index contributed by atoms with van der Waals surface area (Å²) in [4.78, 5) is 36.9. The van der Waals surface area contributed by atoms with Crippen LogP contribution in [0.2, 0.25) is 0 Å². The molecule has 1 aromatic carbocycles. The second kappa shape index (κ2) is 4.45. The second-order valence-electron chi connectivity index (χ2n) is 4.98. The molecule has 6 heteroatoms. The number of imide groups is 2. The number of nitrogens with zero attached hydrogens (tertiary/aromatic N) is 1.